The predicted octanol–water partition coefficient (Wildman–Crippen LogP) is 0.0405. The van der Waals surface area contributed by atoms with Crippen molar-refractivity contribution >= 4 is 5.97 Å². The van der Waals surface area contributed by atoms with Crippen LogP contribution >= 0.6 is 0 Å². The van der Waals surface area contributed by atoms with E-state index in [-0.39, 0.29) is 0 Å². The third-order valence-electron chi connectivity index (χ3n) is 0.114. The van der Waals surface area contributed by atoms with Crippen molar-refractivity contribution in [2.45, 2.75) is 0 Å². The normalized spacial score (nSPS) is 7.40. The van der Waals surface area contributed by atoms with E-state index in [4.69, 9.17) is 9.90 Å². The van der Waals surface area contributed by atoms with E-state index in [2.05, 4.69) is 0 Å². The number of halogens is 1. The zero-order valence-electron chi connectivity index (χ0n) is 2.44. The van der Waals surface area contributed by atoms with Crippen LogP contribution in [0.4, 0.5) is 4.39 Å². The van der Waals surface area contributed by atoms with Crippen LogP contribution in [0.3, 0.4) is 0 Å². The maximum absolute atomic E-state index is 10.5. The Balaban J connectivity index is 2.85. The molecule has 0 bridgehead atoms. The second-order valence-electron chi connectivity index (χ2n) is 0.527. The highest BCUT2D eigenvalue weighted by molar-refractivity contribution is 5.67. The third kappa shape index (κ3) is 3.40. The quantitative estimate of drug-likeness (QED) is 0.482. The lowest BCUT2D eigenvalue weighted by molar-refractivity contribution is -0.137. The summed E-state index contributed by atoms with van der Waals surface area (Å²) >= 11 is 0. The van der Waals surface area contributed by atoms with Gasteiger partial charge in [0.05, 0.1) is 0 Å². The summed E-state index contributed by atoms with van der Waals surface area (Å²) < 4.78 is 10.5. The van der Waals surface area contributed by atoms with Crippen LogP contribution in [-0.2, 0) is 4.79 Å². The first-order chi connectivity index (χ1) is 2.27. The standard InChI is InChI=1S/C2H3FO2/c3-1-2(4)5/h1H2,(H,4,5)/i1+2. The van der Waals surface area contributed by atoms with E-state index in [0.717, 1.165) is 0 Å². The maximum Gasteiger partial charge on any atom is 0.335 e. The van der Waals surface area contributed by atoms with Crippen LogP contribution in [0.1, 0.15) is 0 Å². The number of hydrogen-bond acceptors (Lipinski definition) is 1. The van der Waals surface area contributed by atoms with Crippen molar-refractivity contribution in [1.82, 2.24) is 0 Å². The van der Waals surface area contributed by atoms with E-state index < -0.39 is 12.6 Å². The highest BCUT2D eigenvalue weighted by Gasteiger charge is 1.85. The number of carboxylic acids is 1. The third-order valence-corrected chi connectivity index (χ3v) is 0.114. The minimum absolute atomic E-state index is 1.28. The first-order valence-corrected chi connectivity index (χ1v) is 1.05. The SMILES string of the molecule is O=C(O)[14CH2]F. The minimum Gasteiger partial charge on any atom is -0.479 e. The fraction of sp³-hybridized carbons (Fsp3) is 0.500. The first-order valence-electron chi connectivity index (χ1n) is 1.05. The summed E-state index contributed by atoms with van der Waals surface area (Å²) in [7, 11) is 0. The molecule has 0 amide bonds. The molecule has 0 aromatic heterocycles. The van der Waals surface area contributed by atoms with Crippen LogP contribution in [-0.4, -0.2) is 17.8 Å². The molecule has 0 heterocycles. The van der Waals surface area contributed by atoms with E-state index in [0.29, 0.717) is 0 Å². The van der Waals surface area contributed by atoms with Crippen LogP contribution in [0.15, 0.2) is 0 Å². The van der Waals surface area contributed by atoms with Gasteiger partial charge in [-0.15, -0.1) is 0 Å². The monoisotopic (exact) mass is 80.0 g/mol. The Bertz CT molecular complexity index is 42.9. The zero-order valence-corrected chi connectivity index (χ0v) is 2.44. The summed E-state index contributed by atoms with van der Waals surface area (Å²) in [6.07, 6.45) is 0. The molecular formula is C2H3FO2. The highest BCUT2D eigenvalue weighted by Crippen LogP contribution is 1.60. The molecule has 0 aliphatic carbocycles. The Morgan fingerprint density at radius 2 is 2.20 bits per heavy atom. The fourth-order valence-electron chi connectivity index (χ4n) is 0. The number of carboxylic acid groups (broad SMARTS) is 1. The molecule has 0 aromatic carbocycles. The molecule has 3 heteroatoms. The van der Waals surface area contributed by atoms with Gasteiger partial charge in [-0.2, -0.15) is 0 Å². The average molecular weight is 80.0 g/mol. The molecule has 30 valence electrons. The van der Waals surface area contributed by atoms with Crippen LogP contribution < -0.4 is 0 Å². The second kappa shape index (κ2) is 1.69. The van der Waals surface area contributed by atoms with E-state index in [9.17, 15) is 4.39 Å². The maximum atomic E-state index is 10.5. The molecule has 5 heavy (non-hydrogen) atoms. The van der Waals surface area contributed by atoms with Gasteiger partial charge in [0.15, 0.2) is 6.67 Å². The van der Waals surface area contributed by atoms with E-state index in [1.165, 1.54) is 0 Å². The molecule has 0 aliphatic rings. The molecule has 0 unspecified atom stereocenters. The number of alkyl halides is 1. The van der Waals surface area contributed by atoms with Crippen molar-refractivity contribution in [3.8, 4) is 0 Å². The second-order valence-corrected chi connectivity index (χ2v) is 0.527. The number of rotatable bonds is 1. The van der Waals surface area contributed by atoms with Crippen LogP contribution in [0.5, 0.6) is 0 Å². The van der Waals surface area contributed by atoms with Gasteiger partial charge in [-0.25, -0.2) is 9.18 Å². The lowest BCUT2D eigenvalue weighted by Crippen LogP contribution is -1.93. The Morgan fingerprint density at radius 3 is 2.20 bits per heavy atom. The van der Waals surface area contributed by atoms with Gasteiger partial charge >= 0.3 is 5.97 Å². The Labute approximate surface area is 28.2 Å². The van der Waals surface area contributed by atoms with E-state index in [1.807, 2.05) is 0 Å². The average Bonchev–Trinajstić information content (AvgIpc) is 1.38. The molecule has 1 N–H and O–H groups in total. The predicted molar refractivity (Wildman–Crippen MR) is 13.6 cm³/mol. The summed E-state index contributed by atoms with van der Waals surface area (Å²) in [5.74, 6) is -1.41. The van der Waals surface area contributed by atoms with Crippen molar-refractivity contribution in [1.29, 1.82) is 0 Å². The molecule has 0 fully saturated rings. The van der Waals surface area contributed by atoms with Gasteiger partial charge in [0.25, 0.3) is 0 Å². The summed E-state index contributed by atoms with van der Waals surface area (Å²) in [5, 5.41) is 7.35. The Hall–Kier alpha value is -0.600. The zero-order chi connectivity index (χ0) is 4.28. The van der Waals surface area contributed by atoms with E-state index in [1.54, 1.807) is 0 Å². The van der Waals surface area contributed by atoms with Crippen molar-refractivity contribution in [3.63, 3.8) is 0 Å². The fourth-order valence-corrected chi connectivity index (χ4v) is 0. The van der Waals surface area contributed by atoms with Gasteiger partial charge < -0.3 is 5.11 Å². The topological polar surface area (TPSA) is 37.3 Å². The van der Waals surface area contributed by atoms with Crippen LogP contribution in [0.25, 0.3) is 0 Å². The molecule has 0 radical (unpaired) electrons. The van der Waals surface area contributed by atoms with Crippen molar-refractivity contribution in [2.75, 3.05) is 6.67 Å². The van der Waals surface area contributed by atoms with Gasteiger partial charge in [-0.3, -0.25) is 0 Å². The molecule has 0 atom stereocenters. The van der Waals surface area contributed by atoms with Crippen molar-refractivity contribution in [3.05, 3.63) is 0 Å². The first kappa shape index (κ1) is 4.40. The lowest BCUT2D eigenvalue weighted by Gasteiger charge is -1.69. The van der Waals surface area contributed by atoms with Gasteiger partial charge in [0.2, 0.25) is 0 Å². The molecule has 0 saturated carbocycles. The van der Waals surface area contributed by atoms with Gasteiger partial charge in [-0.1, -0.05) is 0 Å². The largest absolute Gasteiger partial charge is 0.479 e. The molecule has 0 aromatic rings. The van der Waals surface area contributed by atoms with Gasteiger partial charge in [0.1, 0.15) is 0 Å². The van der Waals surface area contributed by atoms with Gasteiger partial charge in [0, 0.05) is 0 Å². The minimum atomic E-state index is -1.41. The molecule has 2 nitrogen and oxygen atoms in total. The Kier molecular flexibility index (Phi) is 1.49. The van der Waals surface area contributed by atoms with Crippen molar-refractivity contribution < 1.29 is 14.3 Å². The molecule has 0 aliphatic heterocycles. The lowest BCUT2D eigenvalue weighted by atomic mass is 11.3. The summed E-state index contributed by atoms with van der Waals surface area (Å²) in [6.45, 7) is -1.28. The summed E-state index contributed by atoms with van der Waals surface area (Å²) in [6, 6.07) is 0. The molecule has 0 rings (SSSR count). The Morgan fingerprint density at radius 1 is 2.00 bits per heavy atom. The van der Waals surface area contributed by atoms with E-state index >= 15 is 0 Å². The number of hydrogen-bond donors (Lipinski definition) is 1. The number of aliphatic carboxylic acids is 1. The smallest absolute Gasteiger partial charge is 0.335 e. The molecule has 0 saturated heterocycles. The van der Waals surface area contributed by atoms with Crippen LogP contribution in [0, 0.1) is 0 Å². The molecule has 0 spiro atoms. The highest BCUT2D eigenvalue weighted by atomic mass is 19.2. The van der Waals surface area contributed by atoms with Crippen molar-refractivity contribution in [2.24, 2.45) is 0 Å². The molecular weight excluding hydrogens is 77.0 g/mol. The summed E-state index contributed by atoms with van der Waals surface area (Å²) in [4.78, 5) is 8.99. The summed E-state index contributed by atoms with van der Waals surface area (Å²) in [5.41, 5.74) is 0. The number of carbonyl (C=O) groups is 1. The van der Waals surface area contributed by atoms with Gasteiger partial charge in [-0.05, 0) is 0 Å². The van der Waals surface area contributed by atoms with Crippen LogP contribution in [0.2, 0.25) is 0 Å².